The standard InChI is InChI=1S/C26H27N5O4/c1-18-21(17-28-31(18)20-7-3-2-4-8-20)24(32)22-23(19-6-5-9-27-16-19)30(26(34)25(22)33)11-10-29-12-14-35-15-13-29/h2-9,16-17,23,32H,10-15H2,1H3/b24-22+/t23-/m0/s1. The maximum atomic E-state index is 13.3. The van der Waals surface area contributed by atoms with Crippen LogP contribution in [0.2, 0.25) is 0 Å². The van der Waals surface area contributed by atoms with E-state index in [1.807, 2.05) is 43.3 Å². The summed E-state index contributed by atoms with van der Waals surface area (Å²) in [6.07, 6.45) is 4.79. The topological polar surface area (TPSA) is 101 Å². The number of para-hydroxylation sites is 1. The van der Waals surface area contributed by atoms with Crippen LogP contribution in [-0.2, 0) is 14.3 Å². The summed E-state index contributed by atoms with van der Waals surface area (Å²) in [5, 5.41) is 15.8. The van der Waals surface area contributed by atoms with Crippen LogP contribution in [0, 0.1) is 6.92 Å². The van der Waals surface area contributed by atoms with Gasteiger partial charge in [-0.15, -0.1) is 0 Å². The first-order valence-electron chi connectivity index (χ1n) is 11.6. The van der Waals surface area contributed by atoms with Crippen LogP contribution in [0.4, 0.5) is 0 Å². The van der Waals surface area contributed by atoms with Crippen LogP contribution in [0.15, 0.2) is 66.6 Å². The molecule has 4 heterocycles. The van der Waals surface area contributed by atoms with Crippen molar-refractivity contribution in [2.45, 2.75) is 13.0 Å². The number of likely N-dealkylation sites (tertiary alicyclic amines) is 1. The number of hydrogen-bond acceptors (Lipinski definition) is 7. The van der Waals surface area contributed by atoms with Gasteiger partial charge >= 0.3 is 0 Å². The van der Waals surface area contributed by atoms with Gasteiger partial charge in [0, 0.05) is 38.6 Å². The third kappa shape index (κ3) is 4.36. The lowest BCUT2D eigenvalue weighted by atomic mass is 9.96. The molecule has 1 atom stereocenters. The molecule has 2 fully saturated rings. The lowest BCUT2D eigenvalue weighted by Gasteiger charge is -2.30. The lowest BCUT2D eigenvalue weighted by molar-refractivity contribution is -0.140. The Morgan fingerprint density at radius 2 is 1.83 bits per heavy atom. The number of benzene rings is 1. The number of aliphatic hydroxyl groups is 1. The van der Waals surface area contributed by atoms with E-state index in [0.29, 0.717) is 43.1 Å². The molecule has 1 aromatic carbocycles. The van der Waals surface area contributed by atoms with E-state index < -0.39 is 17.7 Å². The molecule has 0 radical (unpaired) electrons. The Hall–Kier alpha value is -3.82. The van der Waals surface area contributed by atoms with Gasteiger partial charge in [0.2, 0.25) is 0 Å². The summed E-state index contributed by atoms with van der Waals surface area (Å²) in [4.78, 5) is 34.4. The largest absolute Gasteiger partial charge is 0.507 e. The third-order valence-corrected chi connectivity index (χ3v) is 6.57. The van der Waals surface area contributed by atoms with E-state index >= 15 is 0 Å². The molecule has 3 aromatic rings. The minimum absolute atomic E-state index is 0.0562. The zero-order chi connectivity index (χ0) is 24.4. The van der Waals surface area contributed by atoms with Crippen molar-refractivity contribution in [3.63, 3.8) is 0 Å². The van der Waals surface area contributed by atoms with Crippen molar-refractivity contribution < 1.29 is 19.4 Å². The molecular formula is C26H27N5O4. The molecule has 2 aromatic heterocycles. The fourth-order valence-electron chi connectivity index (χ4n) is 4.69. The molecule has 2 saturated heterocycles. The SMILES string of the molecule is Cc1c(/C(O)=C2\C(=O)C(=O)N(CCN3CCOCC3)[C@H]2c2cccnc2)cnn1-c1ccccc1. The molecule has 0 saturated carbocycles. The molecule has 2 aliphatic heterocycles. The smallest absolute Gasteiger partial charge is 0.295 e. The van der Waals surface area contributed by atoms with Crippen LogP contribution in [0.3, 0.4) is 0 Å². The van der Waals surface area contributed by atoms with Gasteiger partial charge < -0.3 is 14.7 Å². The first-order valence-corrected chi connectivity index (χ1v) is 11.6. The number of aromatic nitrogens is 3. The van der Waals surface area contributed by atoms with Gasteiger partial charge in [-0.2, -0.15) is 5.10 Å². The number of carbonyl (C=O) groups is 2. The van der Waals surface area contributed by atoms with Crippen LogP contribution >= 0.6 is 0 Å². The summed E-state index contributed by atoms with van der Waals surface area (Å²) in [6.45, 7) is 5.63. The first kappa shape index (κ1) is 22.9. The molecule has 9 heteroatoms. The van der Waals surface area contributed by atoms with E-state index in [9.17, 15) is 14.7 Å². The van der Waals surface area contributed by atoms with Gasteiger partial charge in [0.15, 0.2) is 0 Å². The lowest BCUT2D eigenvalue weighted by Crippen LogP contribution is -2.42. The fourth-order valence-corrected chi connectivity index (χ4v) is 4.69. The minimum Gasteiger partial charge on any atom is -0.507 e. The van der Waals surface area contributed by atoms with Gasteiger partial charge in [0.25, 0.3) is 11.7 Å². The summed E-state index contributed by atoms with van der Waals surface area (Å²) < 4.78 is 7.11. The number of pyridine rings is 1. The van der Waals surface area contributed by atoms with Crippen molar-refractivity contribution in [2.24, 2.45) is 0 Å². The van der Waals surface area contributed by atoms with Gasteiger partial charge in [0.05, 0.1) is 48.0 Å². The molecule has 180 valence electrons. The maximum absolute atomic E-state index is 13.3. The average molecular weight is 474 g/mol. The van der Waals surface area contributed by atoms with Gasteiger partial charge in [-0.25, -0.2) is 4.68 Å². The molecule has 1 N–H and O–H groups in total. The molecule has 0 bridgehead atoms. The molecule has 0 aliphatic carbocycles. The molecule has 35 heavy (non-hydrogen) atoms. The number of carbonyl (C=O) groups excluding carboxylic acids is 2. The normalized spacial score (nSPS) is 20.5. The number of aliphatic hydroxyl groups excluding tert-OH is 1. The second-order valence-electron chi connectivity index (χ2n) is 8.62. The molecule has 1 amide bonds. The summed E-state index contributed by atoms with van der Waals surface area (Å²) in [7, 11) is 0. The highest BCUT2D eigenvalue weighted by Crippen LogP contribution is 2.39. The van der Waals surface area contributed by atoms with Crippen molar-refractivity contribution in [1.82, 2.24) is 24.6 Å². The molecule has 2 aliphatic rings. The fraction of sp³-hybridized carbons (Fsp3) is 0.308. The van der Waals surface area contributed by atoms with E-state index in [1.54, 1.807) is 23.1 Å². The highest BCUT2D eigenvalue weighted by Gasteiger charge is 2.46. The van der Waals surface area contributed by atoms with Crippen LogP contribution in [0.5, 0.6) is 0 Å². The zero-order valence-electron chi connectivity index (χ0n) is 19.5. The number of morpholine rings is 1. The molecule has 9 nitrogen and oxygen atoms in total. The third-order valence-electron chi connectivity index (χ3n) is 6.57. The maximum Gasteiger partial charge on any atom is 0.295 e. The van der Waals surface area contributed by atoms with Crippen LogP contribution in [-0.4, -0.2) is 80.8 Å². The number of ether oxygens (including phenoxy) is 1. The summed E-state index contributed by atoms with van der Waals surface area (Å²) in [6, 6.07) is 12.4. The van der Waals surface area contributed by atoms with Crippen molar-refractivity contribution in [3.05, 3.63) is 83.4 Å². The first-order chi connectivity index (χ1) is 17.1. The molecular weight excluding hydrogens is 446 g/mol. The van der Waals surface area contributed by atoms with Crippen molar-refractivity contribution in [1.29, 1.82) is 0 Å². The highest BCUT2D eigenvalue weighted by atomic mass is 16.5. The van der Waals surface area contributed by atoms with Crippen LogP contribution in [0.25, 0.3) is 11.4 Å². The van der Waals surface area contributed by atoms with E-state index in [4.69, 9.17) is 4.74 Å². The summed E-state index contributed by atoms with van der Waals surface area (Å²) >= 11 is 0. The van der Waals surface area contributed by atoms with Crippen molar-refractivity contribution >= 4 is 17.4 Å². The summed E-state index contributed by atoms with van der Waals surface area (Å²) in [5.41, 5.74) is 2.63. The minimum atomic E-state index is -0.732. The van der Waals surface area contributed by atoms with E-state index in [2.05, 4.69) is 15.0 Å². The second-order valence-corrected chi connectivity index (χ2v) is 8.62. The van der Waals surface area contributed by atoms with E-state index in [1.165, 1.54) is 11.1 Å². The molecule has 0 unspecified atom stereocenters. The Bertz CT molecular complexity index is 1250. The highest BCUT2D eigenvalue weighted by molar-refractivity contribution is 6.46. The number of nitrogens with zero attached hydrogens (tertiary/aromatic N) is 5. The predicted octanol–water partition coefficient (Wildman–Crippen LogP) is 2.33. The Labute approximate surface area is 203 Å². The molecule has 0 spiro atoms. The number of amides is 1. The monoisotopic (exact) mass is 473 g/mol. The van der Waals surface area contributed by atoms with Crippen LogP contribution < -0.4 is 0 Å². The number of Topliss-reactive ketones (excluding diaryl/α,β-unsaturated/α-hetero) is 1. The Morgan fingerprint density at radius 1 is 1.06 bits per heavy atom. The number of rotatable bonds is 6. The van der Waals surface area contributed by atoms with Gasteiger partial charge in [-0.3, -0.25) is 19.5 Å². The van der Waals surface area contributed by atoms with Crippen molar-refractivity contribution in [2.75, 3.05) is 39.4 Å². The Morgan fingerprint density at radius 3 is 2.54 bits per heavy atom. The second kappa shape index (κ2) is 9.81. The average Bonchev–Trinajstić information content (AvgIpc) is 3.41. The number of hydrogen-bond donors (Lipinski definition) is 1. The van der Waals surface area contributed by atoms with Crippen molar-refractivity contribution in [3.8, 4) is 5.69 Å². The van der Waals surface area contributed by atoms with Gasteiger partial charge in [0.1, 0.15) is 5.76 Å². The van der Waals surface area contributed by atoms with Gasteiger partial charge in [-0.05, 0) is 30.7 Å². The van der Waals surface area contributed by atoms with E-state index in [0.717, 1.165) is 18.8 Å². The predicted molar refractivity (Wildman–Crippen MR) is 129 cm³/mol. The Balaban J connectivity index is 1.54. The van der Waals surface area contributed by atoms with Crippen LogP contribution in [0.1, 0.15) is 22.9 Å². The number of ketones is 1. The summed E-state index contributed by atoms with van der Waals surface area (Å²) in [5.74, 6) is -1.56. The zero-order valence-corrected chi connectivity index (χ0v) is 19.5. The van der Waals surface area contributed by atoms with Gasteiger partial charge in [-0.1, -0.05) is 24.3 Å². The quantitative estimate of drug-likeness (QED) is 0.333. The molecule has 5 rings (SSSR count). The van der Waals surface area contributed by atoms with E-state index in [-0.39, 0.29) is 11.3 Å². The Kier molecular flexibility index (Phi) is 6.43.